The van der Waals surface area contributed by atoms with E-state index >= 15 is 0 Å². The summed E-state index contributed by atoms with van der Waals surface area (Å²) in [4.78, 5) is 18.5. The van der Waals surface area contributed by atoms with Crippen molar-refractivity contribution in [3.63, 3.8) is 0 Å². The van der Waals surface area contributed by atoms with E-state index in [1.54, 1.807) is 73.8 Å². The van der Waals surface area contributed by atoms with Crippen LogP contribution >= 0.6 is 29.0 Å². The largest absolute Gasteiger partial charge is 0.530 e. The van der Waals surface area contributed by atoms with Gasteiger partial charge in [-0.3, -0.25) is 19.9 Å². The van der Waals surface area contributed by atoms with Crippen LogP contribution in [0.4, 0.5) is 0 Å². The van der Waals surface area contributed by atoms with Gasteiger partial charge in [0.1, 0.15) is 34.5 Å². The van der Waals surface area contributed by atoms with Crippen LogP contribution in [0.5, 0.6) is 34.5 Å². The third kappa shape index (κ3) is 11.1. The average Bonchev–Trinajstić information content (AvgIpc) is 3.20. The molecule has 0 unspecified atom stereocenters. The van der Waals surface area contributed by atoms with E-state index in [1.165, 1.54) is 11.8 Å². The van der Waals surface area contributed by atoms with Crippen LogP contribution in [0.25, 0.3) is 0 Å². The van der Waals surface area contributed by atoms with Crippen LogP contribution in [-0.4, -0.2) is 19.9 Å². The summed E-state index contributed by atoms with van der Waals surface area (Å²) in [5, 5.41) is 0. The minimum absolute atomic E-state index is 0.105. The first-order valence-electron chi connectivity index (χ1n) is 17.9. The fraction of sp³-hybridized carbons (Fsp3) is 0.238. The first kappa shape index (κ1) is 39.7. The van der Waals surface area contributed by atoms with E-state index in [0.29, 0.717) is 34.5 Å². The van der Waals surface area contributed by atoms with Gasteiger partial charge in [-0.2, -0.15) is 0 Å². The molecule has 0 bridgehead atoms. The summed E-state index contributed by atoms with van der Waals surface area (Å²) in [5.74, 6) is 3.19. The van der Waals surface area contributed by atoms with Gasteiger partial charge >= 0.3 is 17.2 Å². The number of hydrogen-bond acceptors (Lipinski definition) is 11. The van der Waals surface area contributed by atoms with E-state index in [1.807, 2.05) is 36.4 Å². The smallest absolute Gasteiger partial charge is 0.407 e. The summed E-state index contributed by atoms with van der Waals surface area (Å²) < 4.78 is 38.4. The maximum atomic E-state index is 6.67. The van der Waals surface area contributed by atoms with Crippen LogP contribution in [0.2, 0.25) is 0 Å². The Morgan fingerprint density at radius 1 is 0.473 bits per heavy atom. The molecule has 0 radical (unpaired) electrons. The molecule has 0 fully saturated rings. The van der Waals surface area contributed by atoms with Crippen molar-refractivity contribution in [2.24, 2.45) is 0 Å². The van der Waals surface area contributed by atoms with Gasteiger partial charge in [0.2, 0.25) is 0 Å². The molecule has 0 N–H and O–H groups in total. The lowest BCUT2D eigenvalue weighted by atomic mass is 9.82. The lowest BCUT2D eigenvalue weighted by molar-refractivity contribution is 0.383. The fourth-order valence-corrected chi connectivity index (χ4v) is 8.05. The topological polar surface area (TPSA) is 107 Å². The molecule has 4 heterocycles. The molecule has 4 aromatic heterocycles. The second-order valence-electron chi connectivity index (χ2n) is 13.6. The highest BCUT2D eigenvalue weighted by Crippen LogP contribution is 2.51. The van der Waals surface area contributed by atoms with E-state index in [2.05, 4.69) is 85.7 Å². The molecular weight excluding hydrogens is 750 g/mol. The molecule has 0 aliphatic carbocycles. The van der Waals surface area contributed by atoms with Crippen LogP contribution < -0.4 is 27.1 Å². The SMILES string of the molecule is CCC(C)(C)c1ccc(OP(Oc2cccnc2)Oc2cccnc2)c(Sc2cc(C(C)(C)CC)ccc2OP(Oc2cccnc2)Oc2cccnc2)c1. The number of pyridine rings is 4. The first-order valence-corrected chi connectivity index (χ1v) is 20.9. The Balaban J connectivity index is 1.41. The van der Waals surface area contributed by atoms with Crippen LogP contribution in [0.3, 0.4) is 0 Å². The molecule has 284 valence electrons. The zero-order chi connectivity index (χ0) is 38.7. The van der Waals surface area contributed by atoms with Crippen molar-refractivity contribution >= 4 is 29.0 Å². The van der Waals surface area contributed by atoms with E-state index in [-0.39, 0.29) is 10.8 Å². The van der Waals surface area contributed by atoms with Crippen molar-refractivity contribution in [2.45, 2.75) is 75.0 Å². The highest BCUT2D eigenvalue weighted by molar-refractivity contribution is 7.99. The van der Waals surface area contributed by atoms with Crippen molar-refractivity contribution in [3.8, 4) is 34.5 Å². The maximum absolute atomic E-state index is 6.67. The molecule has 0 aliphatic heterocycles. The van der Waals surface area contributed by atoms with Crippen molar-refractivity contribution in [3.05, 3.63) is 146 Å². The van der Waals surface area contributed by atoms with Gasteiger partial charge in [-0.15, -0.1) is 0 Å². The van der Waals surface area contributed by atoms with E-state index in [4.69, 9.17) is 27.1 Å². The molecule has 0 aliphatic rings. The van der Waals surface area contributed by atoms with Gasteiger partial charge in [-0.1, -0.05) is 65.4 Å². The standard InChI is InChI=1S/C42H44N4O6P2S/c1-7-41(3,4)31-17-19-37(51-53(47-33-13-9-21-43-27-33)48-34-14-10-22-44-28-34)39(25-31)55-40-26-32(42(5,6)8-2)18-20-38(40)52-54(49-35-15-11-23-45-29-35)50-36-16-12-24-46-30-36/h9-30H,7-8H2,1-6H3. The zero-order valence-corrected chi connectivity index (χ0v) is 34.3. The molecule has 6 rings (SSSR count). The highest BCUT2D eigenvalue weighted by atomic mass is 32.2. The number of benzene rings is 2. The summed E-state index contributed by atoms with van der Waals surface area (Å²) in [6.07, 6.45) is 15.1. The van der Waals surface area contributed by atoms with E-state index < -0.39 is 17.2 Å². The molecule has 2 aromatic carbocycles. The van der Waals surface area contributed by atoms with Crippen LogP contribution in [-0.2, 0) is 10.8 Å². The number of aromatic nitrogens is 4. The predicted octanol–water partition coefficient (Wildman–Crippen LogP) is 12.3. The van der Waals surface area contributed by atoms with Gasteiger partial charge in [-0.05, 0) is 108 Å². The van der Waals surface area contributed by atoms with E-state index in [0.717, 1.165) is 33.8 Å². The zero-order valence-electron chi connectivity index (χ0n) is 31.7. The van der Waals surface area contributed by atoms with Crippen molar-refractivity contribution in [1.82, 2.24) is 19.9 Å². The molecule has 0 atom stereocenters. The third-order valence-electron chi connectivity index (χ3n) is 9.04. The molecule has 55 heavy (non-hydrogen) atoms. The van der Waals surface area contributed by atoms with Crippen LogP contribution in [0.15, 0.2) is 144 Å². The summed E-state index contributed by atoms with van der Waals surface area (Å²) in [6.45, 7) is 13.3. The maximum Gasteiger partial charge on any atom is 0.530 e. The Labute approximate surface area is 330 Å². The Morgan fingerprint density at radius 2 is 0.800 bits per heavy atom. The highest BCUT2D eigenvalue weighted by Gasteiger charge is 2.28. The van der Waals surface area contributed by atoms with Gasteiger partial charge in [0, 0.05) is 24.8 Å². The predicted molar refractivity (Wildman–Crippen MR) is 218 cm³/mol. The lowest BCUT2D eigenvalue weighted by Crippen LogP contribution is -2.16. The van der Waals surface area contributed by atoms with Gasteiger partial charge in [0.25, 0.3) is 0 Å². The van der Waals surface area contributed by atoms with Crippen LogP contribution in [0.1, 0.15) is 65.5 Å². The molecule has 0 saturated heterocycles. The second-order valence-corrected chi connectivity index (χ2v) is 16.7. The molecule has 6 aromatic rings. The molecule has 10 nitrogen and oxygen atoms in total. The Morgan fingerprint density at radius 3 is 1.07 bits per heavy atom. The molecule has 0 saturated carbocycles. The molecule has 0 amide bonds. The van der Waals surface area contributed by atoms with Crippen LogP contribution in [0, 0.1) is 0 Å². The molecular formula is C42H44N4O6P2S. The first-order chi connectivity index (χ1) is 26.6. The summed E-state index contributed by atoms with van der Waals surface area (Å²) in [6, 6.07) is 26.9. The Hall–Kier alpha value is -4.95. The molecule has 13 heteroatoms. The summed E-state index contributed by atoms with van der Waals surface area (Å²) in [5.41, 5.74) is 2.10. The van der Waals surface area contributed by atoms with Gasteiger partial charge < -0.3 is 27.1 Å². The van der Waals surface area contributed by atoms with E-state index in [9.17, 15) is 0 Å². The molecule has 0 spiro atoms. The fourth-order valence-electron chi connectivity index (χ4n) is 4.92. The Kier molecular flexibility index (Phi) is 13.4. The van der Waals surface area contributed by atoms with Crippen molar-refractivity contribution in [1.29, 1.82) is 0 Å². The third-order valence-corrected chi connectivity index (χ3v) is 12.3. The van der Waals surface area contributed by atoms with Gasteiger partial charge in [0.05, 0.1) is 34.6 Å². The number of hydrogen-bond donors (Lipinski definition) is 0. The normalized spacial score (nSPS) is 11.6. The number of nitrogens with zero attached hydrogens (tertiary/aromatic N) is 4. The lowest BCUT2D eigenvalue weighted by Gasteiger charge is -2.27. The average molecular weight is 795 g/mol. The van der Waals surface area contributed by atoms with Crippen molar-refractivity contribution < 1.29 is 27.1 Å². The minimum atomic E-state index is -2.00. The number of rotatable bonds is 18. The monoisotopic (exact) mass is 794 g/mol. The second kappa shape index (κ2) is 18.6. The van der Waals surface area contributed by atoms with Gasteiger partial charge in [0.15, 0.2) is 0 Å². The minimum Gasteiger partial charge on any atom is -0.407 e. The van der Waals surface area contributed by atoms with Gasteiger partial charge in [-0.25, -0.2) is 0 Å². The quantitative estimate of drug-likeness (QED) is 0.0776. The Bertz CT molecular complexity index is 1870. The van der Waals surface area contributed by atoms with Crippen molar-refractivity contribution in [2.75, 3.05) is 0 Å². The summed E-state index contributed by atoms with van der Waals surface area (Å²) >= 11 is 1.53. The summed E-state index contributed by atoms with van der Waals surface area (Å²) in [7, 11) is -4.00.